The third-order valence-electron chi connectivity index (χ3n) is 7.99. The lowest BCUT2D eigenvalue weighted by Crippen LogP contribution is -2.58. The van der Waals surface area contributed by atoms with Crippen molar-refractivity contribution in [2.45, 2.75) is 90.3 Å². The molecule has 1 aliphatic heterocycles. The molecule has 2 fully saturated rings. The highest BCUT2D eigenvalue weighted by molar-refractivity contribution is 7.57. The van der Waals surface area contributed by atoms with Crippen molar-refractivity contribution < 1.29 is 14.2 Å². The summed E-state index contributed by atoms with van der Waals surface area (Å²) in [5.41, 5.74) is 1.11. The predicted octanol–water partition coefficient (Wildman–Crippen LogP) is 7.44. The number of aliphatic hydroxyl groups is 1. The Balaban J connectivity index is 1.85. The van der Waals surface area contributed by atoms with Crippen molar-refractivity contribution in [1.29, 1.82) is 0 Å². The van der Waals surface area contributed by atoms with Crippen molar-refractivity contribution in [1.82, 2.24) is 4.67 Å². The second-order valence-corrected chi connectivity index (χ2v) is 13.9. The number of hydrogen-bond acceptors (Lipinski definition) is 3. The van der Waals surface area contributed by atoms with Gasteiger partial charge in [-0.3, -0.25) is 4.57 Å². The van der Waals surface area contributed by atoms with Gasteiger partial charge in [-0.25, -0.2) is 4.67 Å². The summed E-state index contributed by atoms with van der Waals surface area (Å²) in [6.07, 6.45) is 2.97. The lowest BCUT2D eigenvalue weighted by molar-refractivity contribution is -0.0555. The van der Waals surface area contributed by atoms with Crippen molar-refractivity contribution in [2.24, 2.45) is 17.8 Å². The molecule has 34 heavy (non-hydrogen) atoms. The van der Waals surface area contributed by atoms with E-state index in [1.165, 1.54) is 6.42 Å². The van der Waals surface area contributed by atoms with Crippen LogP contribution in [0.2, 0.25) is 0 Å². The van der Waals surface area contributed by atoms with Gasteiger partial charge in [-0.2, -0.15) is 0 Å². The zero-order valence-corrected chi connectivity index (χ0v) is 22.3. The van der Waals surface area contributed by atoms with Gasteiger partial charge in [0.25, 0.3) is 7.52 Å². The van der Waals surface area contributed by atoms with Gasteiger partial charge in [0.05, 0.1) is 12.2 Å². The van der Waals surface area contributed by atoms with E-state index < -0.39 is 19.3 Å². The summed E-state index contributed by atoms with van der Waals surface area (Å²) in [4.78, 5) is 0. The van der Waals surface area contributed by atoms with Crippen LogP contribution in [0.4, 0.5) is 0 Å². The normalized spacial score (nSPS) is 31.1. The fraction of sp³-hybridized carbons (Fsp3) is 0.586. The first-order valence-electron chi connectivity index (χ1n) is 13.0. The number of nitrogens with zero attached hydrogens (tertiary/aromatic N) is 1. The van der Waals surface area contributed by atoms with E-state index in [9.17, 15) is 5.11 Å². The van der Waals surface area contributed by atoms with E-state index in [-0.39, 0.29) is 17.6 Å². The van der Waals surface area contributed by atoms with Crippen molar-refractivity contribution in [3.63, 3.8) is 0 Å². The highest BCUT2D eigenvalue weighted by Gasteiger charge is 2.59. The molecule has 1 heterocycles. The number of benzene rings is 2. The standard InChI is InChI=1S/C29H42NO3P/c1-21(2)18-26(31)28(24-14-10-7-11-15-24)34(32)30(20-23-12-8-6-9-13-23)29(4,5)25-17-16-22(3)19-27(25)33-34/h6-15,21-22,25-28,31H,16-20H2,1-5H3/t22-,25-,26-,27-,28-,34+/m1/s1. The minimum Gasteiger partial charge on any atom is -0.392 e. The summed E-state index contributed by atoms with van der Waals surface area (Å²) in [5, 5.41) is 11.6. The Bertz CT molecular complexity index is 977. The average Bonchev–Trinajstić information content (AvgIpc) is 2.77. The maximum absolute atomic E-state index is 15.4. The summed E-state index contributed by atoms with van der Waals surface area (Å²) in [6.45, 7) is 11.5. The Kier molecular flexibility index (Phi) is 7.74. The summed E-state index contributed by atoms with van der Waals surface area (Å²) in [5.74, 6) is 1.16. The Labute approximate surface area is 206 Å². The van der Waals surface area contributed by atoms with E-state index in [1.54, 1.807) is 0 Å². The third kappa shape index (κ3) is 5.07. The quantitative estimate of drug-likeness (QED) is 0.416. The van der Waals surface area contributed by atoms with E-state index in [0.29, 0.717) is 24.8 Å². The van der Waals surface area contributed by atoms with Crippen LogP contribution in [0.1, 0.15) is 77.1 Å². The van der Waals surface area contributed by atoms with Gasteiger partial charge in [0, 0.05) is 18.0 Å². The molecule has 5 heteroatoms. The molecule has 0 amide bonds. The van der Waals surface area contributed by atoms with E-state index in [0.717, 1.165) is 24.0 Å². The minimum absolute atomic E-state index is 0.0472. The lowest BCUT2D eigenvalue weighted by atomic mass is 9.71. The molecule has 4 nitrogen and oxygen atoms in total. The number of fused-ring (bicyclic) bond motifs is 1. The van der Waals surface area contributed by atoms with Crippen LogP contribution in [-0.2, 0) is 15.6 Å². The summed E-state index contributed by atoms with van der Waals surface area (Å²) < 4.78 is 24.4. The van der Waals surface area contributed by atoms with Crippen LogP contribution >= 0.6 is 7.52 Å². The van der Waals surface area contributed by atoms with Crippen LogP contribution in [0.25, 0.3) is 0 Å². The molecule has 2 aromatic carbocycles. The molecule has 0 bridgehead atoms. The van der Waals surface area contributed by atoms with Gasteiger partial charge in [0.15, 0.2) is 0 Å². The zero-order chi connectivity index (χ0) is 24.5. The minimum atomic E-state index is -3.49. The highest BCUT2D eigenvalue weighted by atomic mass is 31.2. The molecule has 0 radical (unpaired) electrons. The Morgan fingerprint density at radius 2 is 1.68 bits per heavy atom. The Morgan fingerprint density at radius 3 is 2.29 bits per heavy atom. The maximum atomic E-state index is 15.4. The maximum Gasteiger partial charge on any atom is 0.283 e. The largest absolute Gasteiger partial charge is 0.392 e. The molecule has 0 aromatic heterocycles. The van der Waals surface area contributed by atoms with Crippen LogP contribution in [0.3, 0.4) is 0 Å². The molecule has 4 rings (SSSR count). The Morgan fingerprint density at radius 1 is 1.06 bits per heavy atom. The Hall–Kier alpha value is -1.45. The SMILES string of the molecule is CC(C)C[C@@H](O)[C@@H](c1ccccc1)[P@]1(=O)O[C@@H]2C[C@H](C)CC[C@H]2C(C)(C)N1Cc1ccccc1. The summed E-state index contributed by atoms with van der Waals surface area (Å²) >= 11 is 0. The van der Waals surface area contributed by atoms with Crippen molar-refractivity contribution in [2.75, 3.05) is 0 Å². The van der Waals surface area contributed by atoms with Crippen LogP contribution in [0, 0.1) is 17.8 Å². The molecule has 6 atom stereocenters. The van der Waals surface area contributed by atoms with Crippen molar-refractivity contribution in [3.05, 3.63) is 71.8 Å². The highest BCUT2D eigenvalue weighted by Crippen LogP contribution is 2.72. The molecule has 2 aromatic rings. The monoisotopic (exact) mass is 483 g/mol. The first-order valence-corrected chi connectivity index (χ1v) is 14.6. The van der Waals surface area contributed by atoms with Crippen LogP contribution in [0.5, 0.6) is 0 Å². The smallest absolute Gasteiger partial charge is 0.283 e. The van der Waals surface area contributed by atoms with Crippen molar-refractivity contribution in [3.8, 4) is 0 Å². The van der Waals surface area contributed by atoms with Gasteiger partial charge in [-0.1, -0.05) is 87.9 Å². The lowest BCUT2D eigenvalue weighted by Gasteiger charge is -2.58. The van der Waals surface area contributed by atoms with Gasteiger partial charge < -0.3 is 9.63 Å². The van der Waals surface area contributed by atoms with Gasteiger partial charge in [0.2, 0.25) is 0 Å². The van der Waals surface area contributed by atoms with Crippen molar-refractivity contribution >= 4 is 7.52 Å². The van der Waals surface area contributed by atoms with Crippen LogP contribution in [-0.4, -0.2) is 27.5 Å². The molecule has 0 unspecified atom stereocenters. The first-order chi connectivity index (χ1) is 16.1. The second-order valence-electron chi connectivity index (χ2n) is 11.5. The molecular weight excluding hydrogens is 441 g/mol. The second kappa shape index (κ2) is 10.3. The predicted molar refractivity (Wildman–Crippen MR) is 140 cm³/mol. The molecule has 1 N–H and O–H groups in total. The van der Waals surface area contributed by atoms with Crippen LogP contribution < -0.4 is 0 Å². The molecule has 186 valence electrons. The van der Waals surface area contributed by atoms with E-state index in [4.69, 9.17) is 4.52 Å². The number of aliphatic hydroxyl groups excluding tert-OH is 1. The average molecular weight is 484 g/mol. The molecule has 1 saturated carbocycles. The van der Waals surface area contributed by atoms with Gasteiger partial charge in [-0.15, -0.1) is 0 Å². The van der Waals surface area contributed by atoms with E-state index in [1.807, 2.05) is 48.5 Å². The molecule has 2 aliphatic rings. The molecule has 1 aliphatic carbocycles. The number of rotatable bonds is 7. The molecular formula is C29H42NO3P. The number of hydrogen-bond donors (Lipinski definition) is 1. The van der Waals surface area contributed by atoms with E-state index in [2.05, 4.69) is 51.4 Å². The van der Waals surface area contributed by atoms with E-state index >= 15 is 4.57 Å². The fourth-order valence-electron chi connectivity index (χ4n) is 6.22. The van der Waals surface area contributed by atoms with Gasteiger partial charge in [0.1, 0.15) is 5.66 Å². The third-order valence-corrected chi connectivity index (χ3v) is 11.2. The molecule has 0 spiro atoms. The fourth-order valence-corrected chi connectivity index (χ4v) is 9.72. The summed E-state index contributed by atoms with van der Waals surface area (Å²) in [6, 6.07) is 20.2. The zero-order valence-electron chi connectivity index (χ0n) is 21.4. The first kappa shape index (κ1) is 25.6. The topological polar surface area (TPSA) is 49.8 Å². The molecule has 1 saturated heterocycles. The summed E-state index contributed by atoms with van der Waals surface area (Å²) in [7, 11) is -3.49. The van der Waals surface area contributed by atoms with Gasteiger partial charge in [-0.05, 0) is 56.1 Å². The van der Waals surface area contributed by atoms with Crippen LogP contribution in [0.15, 0.2) is 60.7 Å². The van der Waals surface area contributed by atoms with Gasteiger partial charge >= 0.3 is 0 Å².